The van der Waals surface area contributed by atoms with Crippen LogP contribution in [0.1, 0.15) is 5.56 Å². The molecule has 88 valence electrons. The standard InChI is InChI=1S/C8H10NO5PS/c10-15(11)14-7-9-16(12,13)6-8-4-2-1-3-5-8/h1-5,9H,6-7H2/p+1. The number of rotatable bonds is 6. The Morgan fingerprint density at radius 2 is 1.94 bits per heavy atom. The van der Waals surface area contributed by atoms with Crippen molar-refractivity contribution in [2.24, 2.45) is 0 Å². The third-order valence-corrected chi connectivity index (χ3v) is 3.27. The molecule has 0 amide bonds. The molecular weight excluding hydrogens is 253 g/mol. The highest BCUT2D eigenvalue weighted by Crippen LogP contribution is 2.13. The summed E-state index contributed by atoms with van der Waals surface area (Å²) in [6, 6.07) is 8.58. The van der Waals surface area contributed by atoms with Crippen molar-refractivity contribution in [2.45, 2.75) is 5.75 Å². The number of benzene rings is 1. The smallest absolute Gasteiger partial charge is 0.212 e. The predicted octanol–water partition coefficient (Wildman–Crippen LogP) is 0.730. The molecule has 16 heavy (non-hydrogen) atoms. The fourth-order valence-corrected chi connectivity index (χ4v) is 2.25. The molecule has 0 aliphatic carbocycles. The Hall–Kier alpha value is -0.850. The summed E-state index contributed by atoms with van der Waals surface area (Å²) in [5.74, 6) is -0.195. The van der Waals surface area contributed by atoms with E-state index in [9.17, 15) is 13.0 Å². The van der Waals surface area contributed by atoms with Crippen molar-refractivity contribution < 1.29 is 22.4 Å². The van der Waals surface area contributed by atoms with Gasteiger partial charge in [-0.25, -0.2) is 8.42 Å². The van der Waals surface area contributed by atoms with Gasteiger partial charge in [-0.05, 0) is 5.56 Å². The second-order valence-corrected chi connectivity index (χ2v) is 5.44. The summed E-state index contributed by atoms with van der Waals surface area (Å²) in [7, 11) is -6.33. The van der Waals surface area contributed by atoms with Crippen molar-refractivity contribution in [3.63, 3.8) is 0 Å². The topological polar surface area (TPSA) is 92.7 Å². The number of hydrogen-bond donors (Lipinski definition) is 2. The minimum atomic E-state index is -3.54. The first-order valence-corrected chi connectivity index (χ1v) is 7.08. The van der Waals surface area contributed by atoms with E-state index in [0.717, 1.165) is 0 Å². The Bertz CT molecular complexity index is 447. The van der Waals surface area contributed by atoms with Gasteiger partial charge in [-0.3, -0.25) is 0 Å². The number of nitrogens with one attached hydrogen (secondary N) is 1. The molecule has 0 fully saturated rings. The lowest BCUT2D eigenvalue weighted by molar-refractivity contribution is 0.277. The lowest BCUT2D eigenvalue weighted by Crippen LogP contribution is -2.26. The van der Waals surface area contributed by atoms with Crippen molar-refractivity contribution in [2.75, 3.05) is 6.73 Å². The van der Waals surface area contributed by atoms with Crippen LogP contribution < -0.4 is 4.72 Å². The highest BCUT2D eigenvalue weighted by atomic mass is 32.2. The fourth-order valence-electron chi connectivity index (χ4n) is 1.02. The molecule has 0 saturated carbocycles. The molecule has 2 N–H and O–H groups in total. The summed E-state index contributed by atoms with van der Waals surface area (Å²) < 4.78 is 39.2. The molecule has 0 spiro atoms. The molecule has 0 aliphatic rings. The summed E-state index contributed by atoms with van der Waals surface area (Å²) in [6.07, 6.45) is 0. The summed E-state index contributed by atoms with van der Waals surface area (Å²) in [5, 5.41) is 0. The highest BCUT2D eigenvalue weighted by Gasteiger charge is 2.16. The summed E-state index contributed by atoms with van der Waals surface area (Å²) >= 11 is 0. The van der Waals surface area contributed by atoms with Crippen molar-refractivity contribution in [1.29, 1.82) is 0 Å². The normalized spacial score (nSPS) is 12.4. The first kappa shape index (κ1) is 13.2. The first-order chi connectivity index (χ1) is 7.49. The molecule has 0 saturated heterocycles. The monoisotopic (exact) mass is 264 g/mol. The first-order valence-electron chi connectivity index (χ1n) is 4.30. The van der Waals surface area contributed by atoms with Gasteiger partial charge >= 0.3 is 8.25 Å². The predicted molar refractivity (Wildman–Crippen MR) is 58.0 cm³/mol. The molecule has 1 rings (SSSR count). The minimum Gasteiger partial charge on any atom is -0.212 e. The average Bonchev–Trinajstić information content (AvgIpc) is 2.17. The van der Waals surface area contributed by atoms with Gasteiger partial charge in [0.05, 0.1) is 5.75 Å². The Labute approximate surface area is 94.3 Å². The maximum atomic E-state index is 11.4. The van der Waals surface area contributed by atoms with E-state index in [2.05, 4.69) is 4.52 Å². The quantitative estimate of drug-likeness (QED) is 0.583. The van der Waals surface area contributed by atoms with Crippen LogP contribution in [0.25, 0.3) is 0 Å². The van der Waals surface area contributed by atoms with Gasteiger partial charge in [-0.15, -0.1) is 9.42 Å². The molecule has 8 heteroatoms. The van der Waals surface area contributed by atoms with Crippen LogP contribution in [0.2, 0.25) is 0 Å². The number of sulfonamides is 1. The van der Waals surface area contributed by atoms with E-state index in [-0.39, 0.29) is 5.75 Å². The molecular formula is C8H11NO5PS+. The van der Waals surface area contributed by atoms with Gasteiger partial charge in [0.1, 0.15) is 0 Å². The largest absolute Gasteiger partial charge is 0.696 e. The molecule has 0 aliphatic heterocycles. The van der Waals surface area contributed by atoms with Gasteiger partial charge in [0.25, 0.3) is 0 Å². The van der Waals surface area contributed by atoms with Gasteiger partial charge in [-0.1, -0.05) is 30.3 Å². The van der Waals surface area contributed by atoms with E-state index in [1.807, 2.05) is 4.72 Å². The maximum absolute atomic E-state index is 11.4. The van der Waals surface area contributed by atoms with Gasteiger partial charge in [0.15, 0.2) is 6.73 Å². The zero-order valence-electron chi connectivity index (χ0n) is 8.24. The Kier molecular flexibility index (Phi) is 4.98. The van der Waals surface area contributed by atoms with Crippen molar-refractivity contribution in [1.82, 2.24) is 4.72 Å². The zero-order chi connectivity index (χ0) is 12.0. The molecule has 1 unspecified atom stereocenters. The van der Waals surface area contributed by atoms with E-state index >= 15 is 0 Å². The zero-order valence-corrected chi connectivity index (χ0v) is 9.95. The molecule has 1 aromatic rings. The highest BCUT2D eigenvalue weighted by molar-refractivity contribution is 7.88. The van der Waals surface area contributed by atoms with Crippen molar-refractivity contribution in [3.8, 4) is 0 Å². The van der Waals surface area contributed by atoms with Gasteiger partial charge in [-0.2, -0.15) is 4.72 Å². The Morgan fingerprint density at radius 1 is 1.31 bits per heavy atom. The van der Waals surface area contributed by atoms with Crippen LogP contribution in [0.15, 0.2) is 30.3 Å². The van der Waals surface area contributed by atoms with Crippen LogP contribution in [0, 0.1) is 0 Å². The third-order valence-electron chi connectivity index (χ3n) is 1.65. The SMILES string of the molecule is O=[P+](O)OCNS(=O)(=O)Cc1ccccc1. The summed E-state index contributed by atoms with van der Waals surface area (Å²) in [6.45, 7) is -0.513. The number of hydrogen-bond acceptors (Lipinski definition) is 4. The lowest BCUT2D eigenvalue weighted by atomic mass is 10.2. The molecule has 0 bridgehead atoms. The average molecular weight is 264 g/mol. The van der Waals surface area contributed by atoms with E-state index < -0.39 is 25.0 Å². The van der Waals surface area contributed by atoms with E-state index in [4.69, 9.17) is 4.89 Å². The fraction of sp³-hybridized carbons (Fsp3) is 0.250. The third kappa shape index (κ3) is 5.29. The van der Waals surface area contributed by atoms with Gasteiger partial charge in [0.2, 0.25) is 10.0 Å². The maximum Gasteiger partial charge on any atom is 0.696 e. The lowest BCUT2D eigenvalue weighted by Gasteiger charge is -2.03. The molecule has 1 atom stereocenters. The molecule has 0 heterocycles. The van der Waals surface area contributed by atoms with Gasteiger partial charge < -0.3 is 0 Å². The van der Waals surface area contributed by atoms with Crippen molar-refractivity contribution >= 4 is 18.3 Å². The van der Waals surface area contributed by atoms with Crippen LogP contribution in [-0.2, 0) is 24.9 Å². The molecule has 0 aromatic heterocycles. The van der Waals surface area contributed by atoms with E-state index in [1.54, 1.807) is 30.3 Å². The summed E-state index contributed by atoms with van der Waals surface area (Å²) in [4.78, 5) is 8.29. The molecule has 6 nitrogen and oxygen atoms in total. The minimum absolute atomic E-state index is 0.195. The second-order valence-electron chi connectivity index (χ2n) is 2.90. The van der Waals surface area contributed by atoms with Crippen LogP contribution in [0.4, 0.5) is 0 Å². The van der Waals surface area contributed by atoms with E-state index in [0.29, 0.717) is 5.56 Å². The van der Waals surface area contributed by atoms with Gasteiger partial charge in [0, 0.05) is 4.57 Å². The van der Waals surface area contributed by atoms with Crippen molar-refractivity contribution in [3.05, 3.63) is 35.9 Å². The summed E-state index contributed by atoms with van der Waals surface area (Å²) in [5.41, 5.74) is 0.628. The van der Waals surface area contributed by atoms with Crippen LogP contribution in [0.3, 0.4) is 0 Å². The molecule has 1 aromatic carbocycles. The van der Waals surface area contributed by atoms with Crippen LogP contribution in [-0.4, -0.2) is 20.0 Å². The van der Waals surface area contributed by atoms with Crippen LogP contribution in [0.5, 0.6) is 0 Å². The van der Waals surface area contributed by atoms with E-state index in [1.165, 1.54) is 0 Å². The Morgan fingerprint density at radius 3 is 2.50 bits per heavy atom. The molecule has 0 radical (unpaired) electrons. The second kappa shape index (κ2) is 6.03. The Balaban J connectivity index is 2.49. The van der Waals surface area contributed by atoms with Crippen LogP contribution >= 0.6 is 8.25 Å².